The van der Waals surface area contributed by atoms with Gasteiger partial charge in [0.25, 0.3) is 0 Å². The average molecular weight is 219 g/mol. The lowest BCUT2D eigenvalue weighted by Crippen LogP contribution is -1.80. The van der Waals surface area contributed by atoms with Crippen LogP contribution < -0.4 is 0 Å². The highest BCUT2D eigenvalue weighted by Crippen LogP contribution is 2.10. The van der Waals surface area contributed by atoms with Gasteiger partial charge >= 0.3 is 0 Å². The van der Waals surface area contributed by atoms with Crippen molar-refractivity contribution in [1.29, 1.82) is 0 Å². The monoisotopic (exact) mass is 219 g/mol. The molecule has 0 N–H and O–H groups in total. The van der Waals surface area contributed by atoms with Crippen LogP contribution in [0.5, 0.6) is 0 Å². The van der Waals surface area contributed by atoms with E-state index in [0.717, 1.165) is 6.42 Å². The molecule has 0 aliphatic heterocycles. The molecule has 16 heavy (non-hydrogen) atoms. The van der Waals surface area contributed by atoms with Crippen molar-refractivity contribution in [3.63, 3.8) is 0 Å². The van der Waals surface area contributed by atoms with Gasteiger partial charge in [-0.25, -0.2) is 0 Å². The van der Waals surface area contributed by atoms with E-state index >= 15 is 0 Å². The maximum absolute atomic E-state index is 5.15. The van der Waals surface area contributed by atoms with E-state index in [4.69, 9.17) is 6.58 Å². The van der Waals surface area contributed by atoms with Crippen LogP contribution in [0.2, 0.25) is 0 Å². The van der Waals surface area contributed by atoms with E-state index < -0.39 is 0 Å². The Morgan fingerprint density at radius 3 is 1.81 bits per heavy atom. The third-order valence-corrected chi connectivity index (χ3v) is 2.82. The van der Waals surface area contributed by atoms with Crippen molar-refractivity contribution in [3.8, 4) is 0 Å². The third-order valence-electron chi connectivity index (χ3n) is 2.82. The van der Waals surface area contributed by atoms with Gasteiger partial charge in [-0.2, -0.15) is 0 Å². The first-order chi connectivity index (χ1) is 7.91. The van der Waals surface area contributed by atoms with Gasteiger partial charge in [-0.05, 0) is 45.3 Å². The highest BCUT2D eigenvalue weighted by Gasteiger charge is 1.91. The molecule has 0 unspecified atom stereocenters. The molecule has 0 nitrogen and oxygen atoms in total. The molecule has 0 saturated heterocycles. The van der Waals surface area contributed by atoms with Crippen molar-refractivity contribution in [2.24, 2.45) is 0 Å². The van der Waals surface area contributed by atoms with Crippen LogP contribution in [-0.2, 0) is 0 Å². The molecule has 0 spiro atoms. The Labute approximate surface area is 102 Å². The largest absolute Gasteiger partial charge is 0.125 e. The molecule has 0 saturated carbocycles. The second kappa shape index (κ2) is 14.3. The highest BCUT2D eigenvalue weighted by molar-refractivity contribution is 4.76. The predicted molar refractivity (Wildman–Crippen MR) is 73.4 cm³/mol. The van der Waals surface area contributed by atoms with E-state index in [1.165, 1.54) is 57.8 Å². The predicted octanol–water partition coefficient (Wildman–Crippen LogP) is 5.61. The molecule has 0 fully saturated rings. The van der Waals surface area contributed by atoms with Crippen molar-refractivity contribution in [3.05, 3.63) is 30.5 Å². The van der Waals surface area contributed by atoms with Gasteiger partial charge in [0, 0.05) is 0 Å². The Morgan fingerprint density at radius 1 is 0.812 bits per heavy atom. The fourth-order valence-electron chi connectivity index (χ4n) is 1.82. The minimum atomic E-state index is 1.10. The second-order valence-electron chi connectivity index (χ2n) is 4.35. The zero-order chi connectivity index (χ0) is 11.9. The third kappa shape index (κ3) is 13.3. The van der Waals surface area contributed by atoms with E-state index in [1.807, 2.05) is 6.08 Å². The molecule has 91 valence electrons. The molecule has 0 amide bonds. The van der Waals surface area contributed by atoms with Crippen LogP contribution in [0, 0.1) is 6.58 Å². The molecule has 0 bridgehead atoms. The van der Waals surface area contributed by atoms with E-state index in [9.17, 15) is 0 Å². The Kier molecular flexibility index (Phi) is 13.6. The molecule has 1 radical (unpaired) electrons. The molecular formula is C16H27. The van der Waals surface area contributed by atoms with Crippen LogP contribution in [0.25, 0.3) is 0 Å². The summed E-state index contributed by atoms with van der Waals surface area (Å²) in [5.41, 5.74) is 2.57. The van der Waals surface area contributed by atoms with E-state index in [1.54, 1.807) is 0 Å². The van der Waals surface area contributed by atoms with Gasteiger partial charge in [0.15, 0.2) is 0 Å². The van der Waals surface area contributed by atoms with Crippen molar-refractivity contribution >= 4 is 0 Å². The van der Waals surface area contributed by atoms with Crippen LogP contribution in [0.4, 0.5) is 0 Å². The second-order valence-corrected chi connectivity index (χ2v) is 4.35. The molecule has 0 heterocycles. The van der Waals surface area contributed by atoms with Gasteiger partial charge in [0.1, 0.15) is 0 Å². The summed E-state index contributed by atoms with van der Waals surface area (Å²) in [7, 11) is 0. The van der Waals surface area contributed by atoms with Gasteiger partial charge in [0.2, 0.25) is 0 Å². The van der Waals surface area contributed by atoms with Gasteiger partial charge < -0.3 is 0 Å². The zero-order valence-electron chi connectivity index (χ0n) is 10.9. The lowest BCUT2D eigenvalue weighted by molar-refractivity contribution is 0.571. The molecule has 0 atom stereocenters. The number of rotatable bonds is 11. The maximum Gasteiger partial charge on any atom is -0.0126 e. The van der Waals surface area contributed by atoms with Gasteiger partial charge in [-0.15, -0.1) is 5.73 Å². The standard InChI is InChI=1S/C16H27/c1-3-5-7-9-11-13-15-16-14-12-10-8-6-4-2/h1,4-6H,7-16H2,2H3. The van der Waals surface area contributed by atoms with E-state index in [-0.39, 0.29) is 0 Å². The first kappa shape index (κ1) is 15.3. The topological polar surface area (TPSA) is 0 Å². The molecule has 0 aromatic carbocycles. The van der Waals surface area contributed by atoms with Gasteiger partial charge in [0.05, 0.1) is 0 Å². The van der Waals surface area contributed by atoms with Crippen molar-refractivity contribution in [2.45, 2.75) is 71.1 Å². The number of hydrogen-bond donors (Lipinski definition) is 0. The van der Waals surface area contributed by atoms with Crippen molar-refractivity contribution in [2.75, 3.05) is 0 Å². The first-order valence-electron chi connectivity index (χ1n) is 6.80. The zero-order valence-corrected chi connectivity index (χ0v) is 10.9. The lowest BCUT2D eigenvalue weighted by atomic mass is 10.1. The molecule has 0 heteroatoms. The van der Waals surface area contributed by atoms with E-state index in [2.05, 4.69) is 24.8 Å². The van der Waals surface area contributed by atoms with Crippen LogP contribution in [0.15, 0.2) is 24.0 Å². The van der Waals surface area contributed by atoms with Crippen molar-refractivity contribution in [1.82, 2.24) is 0 Å². The lowest BCUT2D eigenvalue weighted by Gasteiger charge is -2.00. The summed E-state index contributed by atoms with van der Waals surface area (Å²) in [4.78, 5) is 0. The fourth-order valence-corrected chi connectivity index (χ4v) is 1.82. The van der Waals surface area contributed by atoms with Gasteiger partial charge in [-0.3, -0.25) is 0 Å². The van der Waals surface area contributed by atoms with Crippen LogP contribution in [-0.4, -0.2) is 0 Å². The number of allylic oxidation sites excluding steroid dienone is 3. The van der Waals surface area contributed by atoms with Gasteiger partial charge in [-0.1, -0.05) is 50.7 Å². The summed E-state index contributed by atoms with van der Waals surface area (Å²) in [6.45, 7) is 7.24. The summed E-state index contributed by atoms with van der Waals surface area (Å²) in [6.07, 6.45) is 19.7. The summed E-state index contributed by atoms with van der Waals surface area (Å²) in [5, 5.41) is 0. The smallest absolute Gasteiger partial charge is 0.0126 e. The minimum Gasteiger partial charge on any atom is -0.125 e. The summed E-state index contributed by atoms with van der Waals surface area (Å²) >= 11 is 0. The molecule has 0 aromatic heterocycles. The molecule has 0 aliphatic rings. The first-order valence-corrected chi connectivity index (χ1v) is 6.80. The van der Waals surface area contributed by atoms with Crippen LogP contribution >= 0.6 is 0 Å². The summed E-state index contributed by atoms with van der Waals surface area (Å²) in [6, 6.07) is 0. The fraction of sp³-hybridized carbons (Fsp3) is 0.688. The van der Waals surface area contributed by atoms with E-state index in [0.29, 0.717) is 0 Å². The molecule has 0 aliphatic carbocycles. The Balaban J connectivity index is 2.95. The number of hydrogen-bond acceptors (Lipinski definition) is 0. The molecule has 0 aromatic rings. The Bertz CT molecular complexity index is 194. The summed E-state index contributed by atoms with van der Waals surface area (Å²) < 4.78 is 0. The summed E-state index contributed by atoms with van der Waals surface area (Å²) in [5.74, 6) is 0. The molecule has 0 rings (SSSR count). The Hall–Kier alpha value is -0.740. The van der Waals surface area contributed by atoms with Crippen molar-refractivity contribution < 1.29 is 0 Å². The van der Waals surface area contributed by atoms with Crippen LogP contribution in [0.3, 0.4) is 0 Å². The number of unbranched alkanes of at least 4 members (excludes halogenated alkanes) is 9. The SMILES string of the molecule is [CH]=C=CCCCCCCCCCCC=CC. The molecular weight excluding hydrogens is 192 g/mol. The quantitative estimate of drug-likeness (QED) is 0.241. The average Bonchev–Trinajstić information content (AvgIpc) is 2.31. The van der Waals surface area contributed by atoms with Crippen LogP contribution in [0.1, 0.15) is 71.1 Å². The normalized spacial score (nSPS) is 10.6. The Morgan fingerprint density at radius 2 is 1.31 bits per heavy atom. The minimum absolute atomic E-state index is 1.10. The maximum atomic E-state index is 5.15. The highest BCUT2D eigenvalue weighted by atomic mass is 14.0.